The second-order valence-electron chi connectivity index (χ2n) is 7.51. The molecular formula is C24H26N2O4. The fourth-order valence-electron chi connectivity index (χ4n) is 4.05. The van der Waals surface area contributed by atoms with Gasteiger partial charge in [0.1, 0.15) is 17.2 Å². The van der Waals surface area contributed by atoms with E-state index >= 15 is 0 Å². The maximum atomic E-state index is 13.3. The number of carbonyl (C=O) groups excluding carboxylic acids is 2. The summed E-state index contributed by atoms with van der Waals surface area (Å²) >= 11 is 0. The first-order chi connectivity index (χ1) is 14.6. The number of hydrogen-bond acceptors (Lipinski definition) is 5. The second-order valence-corrected chi connectivity index (χ2v) is 7.51. The summed E-state index contributed by atoms with van der Waals surface area (Å²) < 4.78 is 10.4. The van der Waals surface area contributed by atoms with Gasteiger partial charge in [0, 0.05) is 19.6 Å². The highest BCUT2D eigenvalue weighted by Gasteiger charge is 2.41. The zero-order valence-corrected chi connectivity index (χ0v) is 17.4. The van der Waals surface area contributed by atoms with Crippen molar-refractivity contribution in [2.45, 2.75) is 19.3 Å². The van der Waals surface area contributed by atoms with E-state index in [0.29, 0.717) is 24.2 Å². The van der Waals surface area contributed by atoms with E-state index in [1.165, 1.54) is 4.90 Å². The van der Waals surface area contributed by atoms with Crippen LogP contribution in [0.15, 0.2) is 54.2 Å². The minimum atomic E-state index is -0.222. The summed E-state index contributed by atoms with van der Waals surface area (Å²) in [4.78, 5) is 30.1. The van der Waals surface area contributed by atoms with Gasteiger partial charge in [-0.1, -0.05) is 24.3 Å². The highest BCUT2D eigenvalue weighted by Crippen LogP contribution is 2.34. The van der Waals surface area contributed by atoms with Gasteiger partial charge >= 0.3 is 0 Å². The molecule has 0 aliphatic carbocycles. The highest BCUT2D eigenvalue weighted by atomic mass is 16.5. The zero-order valence-electron chi connectivity index (χ0n) is 17.4. The largest absolute Gasteiger partial charge is 0.497 e. The molecular weight excluding hydrogens is 380 g/mol. The molecule has 1 fully saturated rings. The quantitative estimate of drug-likeness (QED) is 0.662. The normalized spacial score (nSPS) is 16.6. The minimum absolute atomic E-state index is 0.193. The lowest BCUT2D eigenvalue weighted by Crippen LogP contribution is -2.36. The van der Waals surface area contributed by atoms with Gasteiger partial charge in [-0.3, -0.25) is 14.5 Å². The Bertz CT molecular complexity index is 958. The van der Waals surface area contributed by atoms with Gasteiger partial charge in [0.25, 0.3) is 11.8 Å². The van der Waals surface area contributed by atoms with Gasteiger partial charge in [-0.15, -0.1) is 0 Å². The lowest BCUT2D eigenvalue weighted by molar-refractivity contribution is -0.137. The molecule has 0 saturated carbocycles. The topological polar surface area (TPSA) is 59.1 Å². The van der Waals surface area contributed by atoms with Crippen LogP contribution in [0.1, 0.15) is 24.0 Å². The lowest BCUT2D eigenvalue weighted by atomic mass is 10.0. The van der Waals surface area contributed by atoms with Crippen molar-refractivity contribution < 1.29 is 19.1 Å². The van der Waals surface area contributed by atoms with Gasteiger partial charge < -0.3 is 14.4 Å². The van der Waals surface area contributed by atoms with Crippen LogP contribution in [0.4, 0.5) is 0 Å². The van der Waals surface area contributed by atoms with Crippen LogP contribution < -0.4 is 9.47 Å². The van der Waals surface area contributed by atoms with Crippen LogP contribution in [0.25, 0.3) is 5.57 Å². The first-order valence-corrected chi connectivity index (χ1v) is 10.2. The van der Waals surface area contributed by atoms with E-state index in [-0.39, 0.29) is 11.8 Å². The maximum Gasteiger partial charge on any atom is 0.277 e. The average Bonchev–Trinajstić information content (AvgIpc) is 3.39. The van der Waals surface area contributed by atoms with Crippen molar-refractivity contribution in [1.82, 2.24) is 9.80 Å². The summed E-state index contributed by atoms with van der Waals surface area (Å²) in [5.74, 6) is 1.09. The summed E-state index contributed by atoms with van der Waals surface area (Å²) in [6.45, 7) is 1.96. The molecule has 156 valence electrons. The predicted octanol–water partition coefficient (Wildman–Crippen LogP) is 3.12. The number of likely N-dealkylation sites (tertiary alicyclic amines) is 1. The maximum absolute atomic E-state index is 13.3. The van der Waals surface area contributed by atoms with Crippen LogP contribution in [0.3, 0.4) is 0 Å². The molecule has 2 amide bonds. The van der Waals surface area contributed by atoms with E-state index in [9.17, 15) is 9.59 Å². The average molecular weight is 406 g/mol. The Morgan fingerprint density at radius 3 is 1.93 bits per heavy atom. The second kappa shape index (κ2) is 8.61. The van der Waals surface area contributed by atoms with E-state index in [1.807, 2.05) is 48.5 Å². The molecule has 2 heterocycles. The van der Waals surface area contributed by atoms with Crippen LogP contribution in [0, 0.1) is 0 Å². The molecule has 1 saturated heterocycles. The Hall–Kier alpha value is -3.28. The SMILES string of the molecule is COc1ccc(CCN2C(=O)C(c3ccc(OC)cc3)=C(N3CCCC3)C2=O)cc1. The summed E-state index contributed by atoms with van der Waals surface area (Å²) in [7, 11) is 3.23. The van der Waals surface area contributed by atoms with Gasteiger partial charge in [0.05, 0.1) is 19.8 Å². The molecule has 2 aliphatic rings. The number of nitrogens with zero attached hydrogens (tertiary/aromatic N) is 2. The molecule has 0 N–H and O–H groups in total. The van der Waals surface area contributed by atoms with E-state index in [4.69, 9.17) is 9.47 Å². The highest BCUT2D eigenvalue weighted by molar-refractivity contribution is 6.35. The molecule has 6 nitrogen and oxygen atoms in total. The smallest absolute Gasteiger partial charge is 0.277 e. The fraction of sp³-hybridized carbons (Fsp3) is 0.333. The monoisotopic (exact) mass is 406 g/mol. The molecule has 0 spiro atoms. The molecule has 0 aromatic heterocycles. The van der Waals surface area contributed by atoms with Gasteiger partial charge in [0.2, 0.25) is 0 Å². The minimum Gasteiger partial charge on any atom is -0.497 e. The molecule has 2 aliphatic heterocycles. The Balaban J connectivity index is 1.60. The van der Waals surface area contributed by atoms with E-state index in [0.717, 1.165) is 48.6 Å². The van der Waals surface area contributed by atoms with Crippen molar-refractivity contribution in [3.05, 3.63) is 65.4 Å². The van der Waals surface area contributed by atoms with E-state index in [2.05, 4.69) is 4.90 Å². The first kappa shape index (κ1) is 20.0. The summed E-state index contributed by atoms with van der Waals surface area (Å²) in [6, 6.07) is 15.0. The van der Waals surface area contributed by atoms with E-state index in [1.54, 1.807) is 14.2 Å². The van der Waals surface area contributed by atoms with Crippen molar-refractivity contribution in [3.8, 4) is 11.5 Å². The Morgan fingerprint density at radius 1 is 0.800 bits per heavy atom. The van der Waals surface area contributed by atoms with Gasteiger partial charge in [0.15, 0.2) is 0 Å². The molecule has 4 rings (SSSR count). The van der Waals surface area contributed by atoms with Gasteiger partial charge in [-0.2, -0.15) is 0 Å². The third kappa shape index (κ3) is 3.77. The number of hydrogen-bond donors (Lipinski definition) is 0. The molecule has 0 radical (unpaired) electrons. The molecule has 2 aromatic rings. The molecule has 30 heavy (non-hydrogen) atoms. The third-order valence-corrected chi connectivity index (χ3v) is 5.73. The molecule has 2 aromatic carbocycles. The predicted molar refractivity (Wildman–Crippen MR) is 114 cm³/mol. The van der Waals surface area contributed by atoms with Crippen molar-refractivity contribution in [3.63, 3.8) is 0 Å². The van der Waals surface area contributed by atoms with Gasteiger partial charge in [-0.25, -0.2) is 0 Å². The van der Waals surface area contributed by atoms with E-state index < -0.39 is 0 Å². The summed E-state index contributed by atoms with van der Waals surface area (Å²) in [6.07, 6.45) is 2.67. The van der Waals surface area contributed by atoms with Crippen LogP contribution in [-0.2, 0) is 16.0 Å². The first-order valence-electron chi connectivity index (χ1n) is 10.2. The van der Waals surface area contributed by atoms with Crippen molar-refractivity contribution in [2.75, 3.05) is 33.9 Å². The van der Waals surface area contributed by atoms with Crippen molar-refractivity contribution >= 4 is 17.4 Å². The van der Waals surface area contributed by atoms with Crippen LogP contribution >= 0.6 is 0 Å². The van der Waals surface area contributed by atoms with Crippen LogP contribution in [0.5, 0.6) is 11.5 Å². The van der Waals surface area contributed by atoms with Crippen molar-refractivity contribution in [2.24, 2.45) is 0 Å². The Labute approximate surface area is 176 Å². The number of methoxy groups -OCH3 is 2. The van der Waals surface area contributed by atoms with Gasteiger partial charge in [-0.05, 0) is 54.7 Å². The van der Waals surface area contributed by atoms with Crippen LogP contribution in [-0.4, -0.2) is 55.5 Å². The number of benzene rings is 2. The number of carbonyl (C=O) groups is 2. The zero-order chi connectivity index (χ0) is 21.1. The summed E-state index contributed by atoms with van der Waals surface area (Å²) in [5, 5.41) is 0. The standard InChI is InChI=1S/C24H26N2O4/c1-29-19-9-5-17(6-10-19)13-16-26-23(27)21(18-7-11-20(30-2)12-8-18)22(24(26)28)25-14-3-4-15-25/h5-12H,3-4,13-16H2,1-2H3. The Morgan fingerprint density at radius 2 is 1.37 bits per heavy atom. The molecule has 0 atom stereocenters. The number of imide groups is 1. The summed E-state index contributed by atoms with van der Waals surface area (Å²) in [5.41, 5.74) is 2.84. The van der Waals surface area contributed by atoms with Crippen LogP contribution in [0.2, 0.25) is 0 Å². The molecule has 0 bridgehead atoms. The number of amides is 2. The number of ether oxygens (including phenoxy) is 2. The van der Waals surface area contributed by atoms with Crippen molar-refractivity contribution in [1.29, 1.82) is 0 Å². The lowest BCUT2D eigenvalue weighted by Gasteiger charge is -2.20. The molecule has 0 unspecified atom stereocenters. The Kier molecular flexibility index (Phi) is 5.74. The third-order valence-electron chi connectivity index (χ3n) is 5.73. The number of rotatable bonds is 7. The molecule has 6 heteroatoms. The fourth-order valence-corrected chi connectivity index (χ4v) is 4.05.